The van der Waals surface area contributed by atoms with Crippen molar-refractivity contribution in [2.45, 2.75) is 38.0 Å². The van der Waals surface area contributed by atoms with Crippen molar-refractivity contribution in [3.8, 4) is 0 Å². The molecule has 0 saturated heterocycles. The number of carbonyl (C=O) groups excluding carboxylic acids is 1. The van der Waals surface area contributed by atoms with E-state index in [1.54, 1.807) is 25.1 Å². The number of benzene rings is 1. The Morgan fingerprint density at radius 2 is 1.86 bits per heavy atom. The summed E-state index contributed by atoms with van der Waals surface area (Å²) in [5, 5.41) is 14.8. The summed E-state index contributed by atoms with van der Waals surface area (Å²) in [6, 6.07) is 9.26. The van der Waals surface area contributed by atoms with Crippen molar-refractivity contribution in [3.05, 3.63) is 58.4 Å². The first-order valence-electron chi connectivity index (χ1n) is 7.12. The zero-order valence-electron chi connectivity index (χ0n) is 13.2. The second kappa shape index (κ2) is 6.83. The summed E-state index contributed by atoms with van der Waals surface area (Å²) in [5.74, 6) is -0.107. The number of hydrogen-bond acceptors (Lipinski definition) is 3. The largest absolute Gasteiger partial charge is 0.618 e. The molecule has 0 aliphatic heterocycles. The van der Waals surface area contributed by atoms with Gasteiger partial charge in [-0.3, -0.25) is 4.79 Å². The van der Waals surface area contributed by atoms with Gasteiger partial charge in [0.1, 0.15) is 0 Å². The van der Waals surface area contributed by atoms with Gasteiger partial charge in [0.2, 0.25) is 5.91 Å². The standard InChI is InChI=1S/C17H20N2O2S/c1-11-9-12(2)16(13(3)10-11)18-17(20)14(4)22-15-7-5-6-8-19(15)21/h5-10,14H,1-4H3,(H,18,20)/t14-/m1/s1. The van der Waals surface area contributed by atoms with Crippen molar-refractivity contribution in [1.82, 2.24) is 0 Å². The molecule has 0 saturated carbocycles. The van der Waals surface area contributed by atoms with Crippen LogP contribution in [0.4, 0.5) is 5.69 Å². The molecule has 0 bridgehead atoms. The fourth-order valence-corrected chi connectivity index (χ4v) is 3.19. The average molecular weight is 316 g/mol. The van der Waals surface area contributed by atoms with E-state index in [0.29, 0.717) is 5.03 Å². The van der Waals surface area contributed by atoms with E-state index in [1.807, 2.05) is 32.9 Å². The molecule has 2 aromatic rings. The van der Waals surface area contributed by atoms with Gasteiger partial charge in [0.15, 0.2) is 6.20 Å². The minimum absolute atomic E-state index is 0.107. The lowest BCUT2D eigenvalue weighted by Gasteiger charge is -2.15. The van der Waals surface area contributed by atoms with E-state index in [0.717, 1.165) is 21.5 Å². The van der Waals surface area contributed by atoms with Crippen LogP contribution in [0, 0.1) is 26.0 Å². The first-order valence-corrected chi connectivity index (χ1v) is 8.00. The lowest BCUT2D eigenvalue weighted by Crippen LogP contribution is -2.30. The Morgan fingerprint density at radius 1 is 1.23 bits per heavy atom. The van der Waals surface area contributed by atoms with Crippen molar-refractivity contribution in [2.24, 2.45) is 0 Å². The molecule has 1 heterocycles. The summed E-state index contributed by atoms with van der Waals surface area (Å²) in [7, 11) is 0. The van der Waals surface area contributed by atoms with Crippen molar-refractivity contribution in [1.29, 1.82) is 0 Å². The zero-order chi connectivity index (χ0) is 16.3. The summed E-state index contributed by atoms with van der Waals surface area (Å²) in [4.78, 5) is 12.4. The molecule has 0 radical (unpaired) electrons. The second-order valence-corrected chi connectivity index (χ2v) is 6.75. The molecular formula is C17H20N2O2S. The minimum atomic E-state index is -0.359. The predicted octanol–water partition coefficient (Wildman–Crippen LogP) is 3.36. The molecule has 0 unspecified atom stereocenters. The summed E-state index contributed by atoms with van der Waals surface area (Å²) < 4.78 is 0.775. The summed E-state index contributed by atoms with van der Waals surface area (Å²) in [5.41, 5.74) is 4.11. The Morgan fingerprint density at radius 3 is 2.45 bits per heavy atom. The lowest BCUT2D eigenvalue weighted by molar-refractivity contribution is -0.645. The highest BCUT2D eigenvalue weighted by molar-refractivity contribution is 8.00. The van der Waals surface area contributed by atoms with Crippen LogP contribution < -0.4 is 10.0 Å². The van der Waals surface area contributed by atoms with Crippen molar-refractivity contribution in [2.75, 3.05) is 5.32 Å². The topological polar surface area (TPSA) is 56.0 Å². The molecule has 1 aromatic heterocycles. The average Bonchev–Trinajstić information content (AvgIpc) is 2.45. The number of rotatable bonds is 4. The number of hydrogen-bond donors (Lipinski definition) is 1. The predicted molar refractivity (Wildman–Crippen MR) is 90.0 cm³/mol. The number of anilines is 1. The molecule has 0 spiro atoms. The van der Waals surface area contributed by atoms with Gasteiger partial charge in [-0.25, -0.2) is 0 Å². The quantitative estimate of drug-likeness (QED) is 0.534. The molecule has 0 aliphatic rings. The van der Waals surface area contributed by atoms with Gasteiger partial charge in [-0.2, -0.15) is 4.73 Å². The fraction of sp³-hybridized carbons (Fsp3) is 0.294. The van der Waals surface area contributed by atoms with E-state index in [2.05, 4.69) is 5.32 Å². The maximum absolute atomic E-state index is 12.4. The minimum Gasteiger partial charge on any atom is -0.618 e. The Balaban J connectivity index is 2.11. The van der Waals surface area contributed by atoms with Crippen LogP contribution in [0.15, 0.2) is 41.6 Å². The SMILES string of the molecule is Cc1cc(C)c(NC(=O)[C@@H](C)Sc2cccc[n+]2[O-])c(C)c1. The molecule has 0 aliphatic carbocycles. The molecule has 116 valence electrons. The Kier molecular flexibility index (Phi) is 5.08. The molecule has 4 nitrogen and oxygen atoms in total. The highest BCUT2D eigenvalue weighted by atomic mass is 32.2. The molecule has 1 aromatic carbocycles. The Bertz CT molecular complexity index is 678. The highest BCUT2D eigenvalue weighted by Crippen LogP contribution is 2.25. The van der Waals surface area contributed by atoms with Crippen LogP contribution in [0.25, 0.3) is 0 Å². The maximum atomic E-state index is 12.4. The van der Waals surface area contributed by atoms with Gasteiger partial charge in [-0.05, 0) is 56.7 Å². The fourth-order valence-electron chi connectivity index (χ4n) is 2.34. The molecule has 22 heavy (non-hydrogen) atoms. The van der Waals surface area contributed by atoms with Gasteiger partial charge in [0, 0.05) is 17.8 Å². The number of amides is 1. The second-order valence-electron chi connectivity index (χ2n) is 5.39. The number of carbonyl (C=O) groups is 1. The van der Waals surface area contributed by atoms with E-state index in [9.17, 15) is 10.0 Å². The molecule has 1 atom stereocenters. The van der Waals surface area contributed by atoms with E-state index in [1.165, 1.54) is 23.5 Å². The maximum Gasteiger partial charge on any atom is 0.252 e. The Hall–Kier alpha value is -2.01. The third kappa shape index (κ3) is 3.80. The van der Waals surface area contributed by atoms with Crippen LogP contribution in [0.5, 0.6) is 0 Å². The van der Waals surface area contributed by atoms with E-state index < -0.39 is 0 Å². The normalized spacial score (nSPS) is 12.0. The van der Waals surface area contributed by atoms with Crippen LogP contribution in [-0.4, -0.2) is 11.2 Å². The summed E-state index contributed by atoms with van der Waals surface area (Å²) in [6.45, 7) is 7.80. The molecular weight excluding hydrogens is 296 g/mol. The molecule has 2 rings (SSSR count). The first kappa shape index (κ1) is 16.4. The van der Waals surface area contributed by atoms with Gasteiger partial charge in [0.25, 0.3) is 5.03 Å². The zero-order valence-corrected chi connectivity index (χ0v) is 14.0. The first-order chi connectivity index (χ1) is 10.4. The number of pyridine rings is 1. The van der Waals surface area contributed by atoms with Crippen molar-refractivity contribution in [3.63, 3.8) is 0 Å². The number of aryl methyl sites for hydroxylation is 3. The Labute approximate surface area is 135 Å². The van der Waals surface area contributed by atoms with Crippen LogP contribution >= 0.6 is 11.8 Å². The van der Waals surface area contributed by atoms with Gasteiger partial charge in [-0.15, -0.1) is 0 Å². The van der Waals surface area contributed by atoms with Crippen LogP contribution in [0.1, 0.15) is 23.6 Å². The molecule has 0 fully saturated rings. The van der Waals surface area contributed by atoms with E-state index >= 15 is 0 Å². The van der Waals surface area contributed by atoms with Gasteiger partial charge in [-0.1, -0.05) is 17.7 Å². The van der Waals surface area contributed by atoms with Crippen molar-refractivity contribution < 1.29 is 9.52 Å². The van der Waals surface area contributed by atoms with Gasteiger partial charge < -0.3 is 10.5 Å². The monoisotopic (exact) mass is 316 g/mol. The van der Waals surface area contributed by atoms with Crippen molar-refractivity contribution >= 4 is 23.4 Å². The number of nitrogens with one attached hydrogen (secondary N) is 1. The van der Waals surface area contributed by atoms with Gasteiger partial charge >= 0.3 is 0 Å². The number of aromatic nitrogens is 1. The highest BCUT2D eigenvalue weighted by Gasteiger charge is 2.19. The van der Waals surface area contributed by atoms with Crippen LogP contribution in [0.3, 0.4) is 0 Å². The third-order valence-corrected chi connectivity index (χ3v) is 4.51. The molecule has 1 amide bonds. The smallest absolute Gasteiger partial charge is 0.252 e. The van der Waals surface area contributed by atoms with Crippen LogP contribution in [-0.2, 0) is 4.79 Å². The molecule has 5 heteroatoms. The van der Waals surface area contributed by atoms with Gasteiger partial charge in [0.05, 0.1) is 5.25 Å². The summed E-state index contributed by atoms with van der Waals surface area (Å²) >= 11 is 1.25. The van der Waals surface area contributed by atoms with E-state index in [-0.39, 0.29) is 11.2 Å². The van der Waals surface area contributed by atoms with Crippen LogP contribution in [0.2, 0.25) is 0 Å². The number of nitrogens with zero attached hydrogens (tertiary/aromatic N) is 1. The number of thioether (sulfide) groups is 1. The molecule has 1 N–H and O–H groups in total. The summed E-state index contributed by atoms with van der Waals surface area (Å²) in [6.07, 6.45) is 1.43. The lowest BCUT2D eigenvalue weighted by atomic mass is 10.1. The third-order valence-electron chi connectivity index (χ3n) is 3.38. The van der Waals surface area contributed by atoms with E-state index in [4.69, 9.17) is 0 Å².